The second-order valence-electron chi connectivity index (χ2n) is 3.28. The minimum atomic E-state index is 0.134. The maximum Gasteiger partial charge on any atom is 0.255 e. The first kappa shape index (κ1) is 11.0. The van der Waals surface area contributed by atoms with E-state index < -0.39 is 0 Å². The molecule has 0 saturated heterocycles. The summed E-state index contributed by atoms with van der Waals surface area (Å²) >= 11 is 0. The van der Waals surface area contributed by atoms with Crippen molar-refractivity contribution in [2.45, 2.75) is 6.61 Å². The first-order chi connectivity index (χ1) is 8.31. The van der Waals surface area contributed by atoms with Crippen LogP contribution in [-0.2, 0) is 6.61 Å². The number of hydrogen-bond donors (Lipinski definition) is 0. The lowest BCUT2D eigenvalue weighted by Gasteiger charge is -2.03. The molecule has 17 heavy (non-hydrogen) atoms. The van der Waals surface area contributed by atoms with Gasteiger partial charge in [0.05, 0.1) is 13.2 Å². The summed E-state index contributed by atoms with van der Waals surface area (Å²) in [5.74, 6) is 1.23. The largest absolute Gasteiger partial charge is 0.497 e. The van der Waals surface area contributed by atoms with E-state index in [1.165, 1.54) is 6.07 Å². The molecule has 1 aromatic heterocycles. The molecule has 0 aliphatic heterocycles. The number of methoxy groups -OCH3 is 1. The predicted octanol–water partition coefficient (Wildman–Crippen LogP) is 2.13. The van der Waals surface area contributed by atoms with Gasteiger partial charge in [0.25, 0.3) is 5.88 Å². The smallest absolute Gasteiger partial charge is 0.255 e. The van der Waals surface area contributed by atoms with E-state index in [1.54, 1.807) is 7.11 Å². The second-order valence-corrected chi connectivity index (χ2v) is 3.28. The van der Waals surface area contributed by atoms with Crippen molar-refractivity contribution in [3.05, 3.63) is 41.7 Å². The van der Waals surface area contributed by atoms with Crippen LogP contribution in [0.3, 0.4) is 0 Å². The zero-order valence-corrected chi connectivity index (χ0v) is 9.21. The Morgan fingerprint density at radius 1 is 1.35 bits per heavy atom. The lowest BCUT2D eigenvalue weighted by Crippen LogP contribution is -1.95. The van der Waals surface area contributed by atoms with Crippen LogP contribution in [0.2, 0.25) is 0 Å². The molecule has 5 nitrogen and oxygen atoms in total. The van der Waals surface area contributed by atoms with Crippen LogP contribution in [0, 0.1) is 11.3 Å². The zero-order chi connectivity index (χ0) is 12.1. The average molecular weight is 230 g/mol. The first-order valence-electron chi connectivity index (χ1n) is 4.94. The van der Waals surface area contributed by atoms with Crippen molar-refractivity contribution < 1.29 is 14.0 Å². The molecule has 0 spiro atoms. The van der Waals surface area contributed by atoms with Crippen LogP contribution in [0.1, 0.15) is 11.3 Å². The number of aromatic nitrogens is 1. The minimum absolute atomic E-state index is 0.134. The molecule has 0 bridgehead atoms. The third-order valence-corrected chi connectivity index (χ3v) is 2.14. The van der Waals surface area contributed by atoms with Gasteiger partial charge in [0.1, 0.15) is 18.4 Å². The van der Waals surface area contributed by atoms with Crippen molar-refractivity contribution in [2.75, 3.05) is 7.11 Å². The molecule has 0 saturated carbocycles. The Bertz CT molecular complexity index is 525. The van der Waals surface area contributed by atoms with Crippen molar-refractivity contribution >= 4 is 0 Å². The van der Waals surface area contributed by atoms with Gasteiger partial charge in [-0.05, 0) is 22.9 Å². The average Bonchev–Trinajstić information content (AvgIpc) is 2.85. The van der Waals surface area contributed by atoms with Crippen molar-refractivity contribution in [3.8, 4) is 17.7 Å². The van der Waals surface area contributed by atoms with E-state index >= 15 is 0 Å². The summed E-state index contributed by atoms with van der Waals surface area (Å²) in [5.41, 5.74) is 0.979. The Morgan fingerprint density at radius 3 is 2.71 bits per heavy atom. The van der Waals surface area contributed by atoms with Gasteiger partial charge < -0.3 is 14.0 Å². The van der Waals surface area contributed by atoms with Gasteiger partial charge >= 0.3 is 0 Å². The predicted molar refractivity (Wildman–Crippen MR) is 58.5 cm³/mol. The highest BCUT2D eigenvalue weighted by atomic mass is 16.5. The van der Waals surface area contributed by atoms with Gasteiger partial charge in [0.15, 0.2) is 0 Å². The summed E-state index contributed by atoms with van der Waals surface area (Å²) in [5, 5.41) is 12.1. The van der Waals surface area contributed by atoms with Crippen molar-refractivity contribution in [3.63, 3.8) is 0 Å². The van der Waals surface area contributed by atoms with Crippen LogP contribution < -0.4 is 9.47 Å². The highest BCUT2D eigenvalue weighted by Crippen LogP contribution is 2.15. The first-order valence-corrected chi connectivity index (χ1v) is 4.94. The van der Waals surface area contributed by atoms with Crippen LogP contribution >= 0.6 is 0 Å². The van der Waals surface area contributed by atoms with Gasteiger partial charge in [-0.15, -0.1) is 0 Å². The zero-order valence-electron chi connectivity index (χ0n) is 9.21. The summed E-state index contributed by atoms with van der Waals surface area (Å²) in [7, 11) is 1.62. The molecule has 0 amide bonds. The van der Waals surface area contributed by atoms with Crippen molar-refractivity contribution in [2.24, 2.45) is 0 Å². The molecule has 86 valence electrons. The van der Waals surface area contributed by atoms with Gasteiger partial charge in [-0.2, -0.15) is 5.26 Å². The molecule has 1 heterocycles. The number of ether oxygens (including phenoxy) is 2. The quantitative estimate of drug-likeness (QED) is 0.804. The van der Waals surface area contributed by atoms with Gasteiger partial charge in [-0.25, -0.2) is 0 Å². The van der Waals surface area contributed by atoms with E-state index in [4.69, 9.17) is 14.7 Å². The maximum atomic E-state index is 8.54. The molecular formula is C12H10N2O3. The fourth-order valence-corrected chi connectivity index (χ4v) is 1.26. The Labute approximate surface area is 98.2 Å². The number of rotatable bonds is 4. The molecule has 2 aromatic rings. The number of benzene rings is 1. The lowest BCUT2D eigenvalue weighted by atomic mass is 10.2. The van der Waals surface area contributed by atoms with Crippen LogP contribution in [0.5, 0.6) is 11.6 Å². The summed E-state index contributed by atoms with van der Waals surface area (Å²) < 4.78 is 15.1. The molecule has 0 unspecified atom stereocenters. The number of nitrogens with zero attached hydrogens (tertiary/aromatic N) is 2. The molecule has 2 rings (SSSR count). The molecular weight excluding hydrogens is 220 g/mol. The monoisotopic (exact) mass is 230 g/mol. The Hall–Kier alpha value is -2.48. The van der Waals surface area contributed by atoms with Crippen molar-refractivity contribution in [1.29, 1.82) is 5.26 Å². The van der Waals surface area contributed by atoms with Crippen LogP contribution in [0.4, 0.5) is 0 Å². The molecule has 1 aromatic carbocycles. The summed E-state index contributed by atoms with van der Waals surface area (Å²) in [6, 6.07) is 10.8. The summed E-state index contributed by atoms with van der Waals surface area (Å²) in [4.78, 5) is 0. The molecule has 5 heteroatoms. The van der Waals surface area contributed by atoms with E-state index in [1.807, 2.05) is 30.3 Å². The van der Waals surface area contributed by atoms with Crippen LogP contribution in [-0.4, -0.2) is 12.3 Å². The normalized spacial score (nSPS) is 9.65. The van der Waals surface area contributed by atoms with E-state index in [0.29, 0.717) is 12.5 Å². The van der Waals surface area contributed by atoms with Gasteiger partial charge in [-0.3, -0.25) is 0 Å². The number of nitriles is 1. The molecule has 0 atom stereocenters. The Morgan fingerprint density at radius 2 is 2.12 bits per heavy atom. The SMILES string of the molecule is COc1ccc(COc2cc(C#N)on2)cc1. The minimum Gasteiger partial charge on any atom is -0.497 e. The summed E-state index contributed by atoms with van der Waals surface area (Å²) in [6.45, 7) is 0.362. The molecule has 0 aliphatic carbocycles. The van der Waals surface area contributed by atoms with E-state index in [-0.39, 0.29) is 5.76 Å². The third-order valence-electron chi connectivity index (χ3n) is 2.14. The van der Waals surface area contributed by atoms with E-state index in [0.717, 1.165) is 11.3 Å². The van der Waals surface area contributed by atoms with E-state index in [2.05, 4.69) is 9.68 Å². The molecule has 0 N–H and O–H groups in total. The fourth-order valence-electron chi connectivity index (χ4n) is 1.26. The van der Waals surface area contributed by atoms with Gasteiger partial charge in [0.2, 0.25) is 5.76 Å². The van der Waals surface area contributed by atoms with Gasteiger partial charge in [0, 0.05) is 0 Å². The van der Waals surface area contributed by atoms with Gasteiger partial charge in [-0.1, -0.05) is 12.1 Å². The Kier molecular flexibility index (Phi) is 3.26. The lowest BCUT2D eigenvalue weighted by molar-refractivity contribution is 0.268. The topological polar surface area (TPSA) is 68.3 Å². The Balaban J connectivity index is 1.95. The highest BCUT2D eigenvalue weighted by Gasteiger charge is 2.04. The highest BCUT2D eigenvalue weighted by molar-refractivity contribution is 5.27. The summed E-state index contributed by atoms with van der Waals surface area (Å²) in [6.07, 6.45) is 0. The van der Waals surface area contributed by atoms with Crippen LogP contribution in [0.15, 0.2) is 34.9 Å². The third kappa shape index (κ3) is 2.75. The molecule has 0 fully saturated rings. The maximum absolute atomic E-state index is 8.54. The fraction of sp³-hybridized carbons (Fsp3) is 0.167. The standard InChI is InChI=1S/C12H10N2O3/c1-15-10-4-2-9(3-5-10)8-16-12-6-11(7-13)17-14-12/h2-6H,8H2,1H3. The van der Waals surface area contributed by atoms with E-state index in [9.17, 15) is 0 Å². The van der Waals surface area contributed by atoms with Crippen molar-refractivity contribution in [1.82, 2.24) is 5.16 Å². The van der Waals surface area contributed by atoms with Crippen LogP contribution in [0.25, 0.3) is 0 Å². The second kappa shape index (κ2) is 5.03. The molecule has 0 aliphatic rings. The number of hydrogen-bond acceptors (Lipinski definition) is 5. The molecule has 0 radical (unpaired) electrons.